The van der Waals surface area contributed by atoms with Gasteiger partial charge in [-0.3, -0.25) is 14.5 Å². The molecule has 2 N–H and O–H groups in total. The number of amides is 4. The average molecular weight is 448 g/mol. The lowest BCUT2D eigenvalue weighted by molar-refractivity contribution is -0.134. The van der Waals surface area contributed by atoms with Crippen molar-refractivity contribution in [1.82, 2.24) is 10.2 Å². The SMILES string of the molecule is Cc1ccc(NC(=O)CN2C(=O)NC(Cc3ccccc3)(c3ccccc3)C2=O)c(Cl)c1. The number of hydrogen-bond donors (Lipinski definition) is 2. The highest BCUT2D eigenvalue weighted by atomic mass is 35.5. The fourth-order valence-corrected chi connectivity index (χ4v) is 4.15. The van der Waals surface area contributed by atoms with Gasteiger partial charge in [0, 0.05) is 6.42 Å². The van der Waals surface area contributed by atoms with Crippen molar-refractivity contribution >= 4 is 35.1 Å². The van der Waals surface area contributed by atoms with Crippen LogP contribution in [0.25, 0.3) is 0 Å². The second-order valence-electron chi connectivity index (χ2n) is 7.79. The number of urea groups is 1. The fraction of sp³-hybridized carbons (Fsp3) is 0.160. The van der Waals surface area contributed by atoms with E-state index in [0.717, 1.165) is 16.0 Å². The van der Waals surface area contributed by atoms with Crippen LogP contribution in [0.4, 0.5) is 10.5 Å². The minimum absolute atomic E-state index is 0.268. The van der Waals surface area contributed by atoms with E-state index >= 15 is 0 Å². The van der Waals surface area contributed by atoms with Crippen LogP contribution in [0, 0.1) is 6.92 Å². The standard InChI is InChI=1S/C25H22ClN3O3/c1-17-12-13-21(20(26)14-17)27-22(30)16-29-23(31)25(28-24(29)32,19-10-6-3-7-11-19)15-18-8-4-2-5-9-18/h2-14H,15-16H2,1H3,(H,27,30)(H,28,32). The van der Waals surface area contributed by atoms with E-state index < -0.39 is 29.9 Å². The van der Waals surface area contributed by atoms with Crippen molar-refractivity contribution in [2.24, 2.45) is 0 Å². The molecule has 1 heterocycles. The van der Waals surface area contributed by atoms with Gasteiger partial charge in [-0.2, -0.15) is 0 Å². The molecule has 1 atom stereocenters. The average Bonchev–Trinajstić information content (AvgIpc) is 3.02. The normalized spacial score (nSPS) is 17.9. The molecule has 0 saturated carbocycles. The van der Waals surface area contributed by atoms with Gasteiger partial charge in [-0.25, -0.2) is 4.79 Å². The van der Waals surface area contributed by atoms with E-state index in [0.29, 0.717) is 16.3 Å². The molecular weight excluding hydrogens is 426 g/mol. The first-order valence-electron chi connectivity index (χ1n) is 10.2. The lowest BCUT2D eigenvalue weighted by Gasteiger charge is -2.27. The van der Waals surface area contributed by atoms with E-state index in [1.54, 1.807) is 24.3 Å². The van der Waals surface area contributed by atoms with Gasteiger partial charge in [0.05, 0.1) is 10.7 Å². The molecule has 4 rings (SSSR count). The van der Waals surface area contributed by atoms with Crippen LogP contribution >= 0.6 is 11.6 Å². The number of nitrogens with zero attached hydrogens (tertiary/aromatic N) is 1. The lowest BCUT2D eigenvalue weighted by atomic mass is 9.83. The molecule has 1 unspecified atom stereocenters. The zero-order valence-electron chi connectivity index (χ0n) is 17.5. The Morgan fingerprint density at radius 1 is 1.00 bits per heavy atom. The summed E-state index contributed by atoms with van der Waals surface area (Å²) in [5, 5.41) is 5.92. The van der Waals surface area contributed by atoms with Crippen LogP contribution in [-0.2, 0) is 21.5 Å². The third kappa shape index (κ3) is 4.22. The van der Waals surface area contributed by atoms with Gasteiger partial charge in [0.25, 0.3) is 5.91 Å². The molecule has 0 bridgehead atoms. The molecule has 3 aromatic carbocycles. The van der Waals surface area contributed by atoms with Crippen molar-refractivity contribution in [2.75, 3.05) is 11.9 Å². The summed E-state index contributed by atoms with van der Waals surface area (Å²) < 4.78 is 0. The number of anilines is 1. The van der Waals surface area contributed by atoms with Gasteiger partial charge in [-0.05, 0) is 35.7 Å². The number of hydrogen-bond acceptors (Lipinski definition) is 3. The molecule has 162 valence electrons. The third-order valence-corrected chi connectivity index (χ3v) is 5.77. The van der Waals surface area contributed by atoms with Gasteiger partial charge in [-0.1, -0.05) is 78.3 Å². The minimum Gasteiger partial charge on any atom is -0.323 e. The van der Waals surface area contributed by atoms with Crippen molar-refractivity contribution in [3.63, 3.8) is 0 Å². The zero-order chi connectivity index (χ0) is 22.7. The first-order chi connectivity index (χ1) is 15.4. The van der Waals surface area contributed by atoms with Crippen molar-refractivity contribution < 1.29 is 14.4 Å². The summed E-state index contributed by atoms with van der Waals surface area (Å²) in [6.45, 7) is 1.47. The molecule has 3 aromatic rings. The Kier molecular flexibility index (Phi) is 5.97. The van der Waals surface area contributed by atoms with Gasteiger partial charge in [0.2, 0.25) is 5.91 Å². The summed E-state index contributed by atoms with van der Waals surface area (Å²) >= 11 is 6.19. The molecule has 32 heavy (non-hydrogen) atoms. The number of aryl methyl sites for hydroxylation is 1. The molecular formula is C25H22ClN3O3. The van der Waals surface area contributed by atoms with Gasteiger partial charge >= 0.3 is 6.03 Å². The van der Waals surface area contributed by atoms with Crippen LogP contribution in [0.5, 0.6) is 0 Å². The van der Waals surface area contributed by atoms with Gasteiger partial charge < -0.3 is 10.6 Å². The molecule has 0 aliphatic carbocycles. The van der Waals surface area contributed by atoms with Crippen LogP contribution in [0.3, 0.4) is 0 Å². The second kappa shape index (κ2) is 8.85. The zero-order valence-corrected chi connectivity index (χ0v) is 18.2. The number of benzene rings is 3. The first kappa shape index (κ1) is 21.6. The second-order valence-corrected chi connectivity index (χ2v) is 8.19. The number of imide groups is 1. The van der Waals surface area contributed by atoms with Crippen molar-refractivity contribution in [2.45, 2.75) is 18.9 Å². The number of rotatable bonds is 6. The Balaban J connectivity index is 1.60. The number of nitrogens with one attached hydrogen (secondary N) is 2. The Morgan fingerprint density at radius 2 is 1.66 bits per heavy atom. The maximum Gasteiger partial charge on any atom is 0.325 e. The highest BCUT2D eigenvalue weighted by molar-refractivity contribution is 6.33. The van der Waals surface area contributed by atoms with Gasteiger partial charge in [-0.15, -0.1) is 0 Å². The Bertz CT molecular complexity index is 1170. The molecule has 1 aliphatic rings. The molecule has 0 radical (unpaired) electrons. The topological polar surface area (TPSA) is 78.5 Å². The summed E-state index contributed by atoms with van der Waals surface area (Å²) in [7, 11) is 0. The van der Waals surface area contributed by atoms with E-state index in [4.69, 9.17) is 11.6 Å². The minimum atomic E-state index is -1.29. The highest BCUT2D eigenvalue weighted by Gasteiger charge is 2.52. The summed E-state index contributed by atoms with van der Waals surface area (Å²) in [4.78, 5) is 40.0. The highest BCUT2D eigenvalue weighted by Crippen LogP contribution is 2.33. The summed E-state index contributed by atoms with van der Waals surface area (Å²) in [6, 6.07) is 23.2. The number of halogens is 1. The van der Waals surface area contributed by atoms with Crippen molar-refractivity contribution in [3.05, 3.63) is 101 Å². The van der Waals surface area contributed by atoms with Crippen LogP contribution in [-0.4, -0.2) is 29.3 Å². The molecule has 0 aromatic heterocycles. The van der Waals surface area contributed by atoms with Crippen LogP contribution in [0.15, 0.2) is 78.9 Å². The molecule has 1 fully saturated rings. The maximum atomic E-state index is 13.6. The summed E-state index contributed by atoms with van der Waals surface area (Å²) in [5.74, 6) is -0.981. The van der Waals surface area contributed by atoms with Crippen LogP contribution in [0.1, 0.15) is 16.7 Å². The Labute approximate surface area is 191 Å². The molecule has 1 saturated heterocycles. The molecule has 1 aliphatic heterocycles. The molecule has 6 nitrogen and oxygen atoms in total. The molecule has 7 heteroatoms. The largest absolute Gasteiger partial charge is 0.325 e. The van der Waals surface area contributed by atoms with Crippen molar-refractivity contribution in [3.8, 4) is 0 Å². The van der Waals surface area contributed by atoms with Gasteiger partial charge in [0.15, 0.2) is 5.54 Å². The van der Waals surface area contributed by atoms with Crippen LogP contribution in [0.2, 0.25) is 5.02 Å². The van der Waals surface area contributed by atoms with E-state index in [9.17, 15) is 14.4 Å². The predicted molar refractivity (Wildman–Crippen MR) is 123 cm³/mol. The van der Waals surface area contributed by atoms with E-state index in [1.807, 2.05) is 61.5 Å². The monoisotopic (exact) mass is 447 g/mol. The third-order valence-electron chi connectivity index (χ3n) is 5.45. The maximum absolute atomic E-state index is 13.6. The van der Waals surface area contributed by atoms with Crippen molar-refractivity contribution in [1.29, 1.82) is 0 Å². The molecule has 4 amide bonds. The Hall–Kier alpha value is -3.64. The smallest absolute Gasteiger partial charge is 0.323 e. The van der Waals surface area contributed by atoms with E-state index in [1.165, 1.54) is 0 Å². The summed E-state index contributed by atoms with van der Waals surface area (Å²) in [5.41, 5.74) is 1.64. The number of carbonyl (C=O) groups is 3. The quantitative estimate of drug-likeness (QED) is 0.554. The molecule has 0 spiro atoms. The summed E-state index contributed by atoms with van der Waals surface area (Å²) in [6.07, 6.45) is 0.268. The Morgan fingerprint density at radius 3 is 2.31 bits per heavy atom. The van der Waals surface area contributed by atoms with Gasteiger partial charge in [0.1, 0.15) is 6.54 Å². The van der Waals surface area contributed by atoms with E-state index in [-0.39, 0.29) is 6.42 Å². The number of carbonyl (C=O) groups excluding carboxylic acids is 3. The fourth-order valence-electron chi connectivity index (χ4n) is 3.87. The van der Waals surface area contributed by atoms with E-state index in [2.05, 4.69) is 10.6 Å². The first-order valence-corrected chi connectivity index (χ1v) is 10.6. The lowest BCUT2D eigenvalue weighted by Crippen LogP contribution is -2.46. The van der Waals surface area contributed by atoms with Crippen LogP contribution < -0.4 is 10.6 Å². The predicted octanol–water partition coefficient (Wildman–Crippen LogP) is 4.28.